The maximum atomic E-state index is 12.1. The molecule has 0 aromatic heterocycles. The molecule has 2 atom stereocenters. The van der Waals surface area contributed by atoms with Gasteiger partial charge in [0.05, 0.1) is 0 Å². The topological polar surface area (TPSA) is 64.6 Å². The zero-order valence-corrected chi connectivity index (χ0v) is 16.6. The van der Waals surface area contributed by atoms with Crippen LogP contribution in [0.5, 0.6) is 0 Å². The van der Waals surface area contributed by atoms with E-state index < -0.39 is 17.0 Å². The molecule has 0 aromatic carbocycles. The molecule has 1 saturated heterocycles. The lowest BCUT2D eigenvalue weighted by Gasteiger charge is -2.34. The standard InChI is InChI=1S/C17H34N2O3S/c1-13(18-23(21)17(5,6)7)12-14-8-10-19(11-9-14)15(20)22-16(2,3)4/h13-14,18H,8-12H2,1-7H3/t13-,23?/m1/s1. The van der Waals surface area contributed by atoms with Crippen molar-refractivity contribution in [2.24, 2.45) is 5.92 Å². The van der Waals surface area contributed by atoms with Crippen LogP contribution in [0.1, 0.15) is 67.7 Å². The van der Waals surface area contributed by atoms with Gasteiger partial charge in [0.2, 0.25) is 0 Å². The Bertz CT molecular complexity index is 382. The Morgan fingerprint density at radius 1 is 1.26 bits per heavy atom. The van der Waals surface area contributed by atoms with E-state index >= 15 is 0 Å². The number of piperidine rings is 1. The molecule has 136 valence electrons. The molecule has 6 heteroatoms. The molecule has 0 saturated carbocycles. The van der Waals surface area contributed by atoms with Gasteiger partial charge in [0.25, 0.3) is 0 Å². The van der Waals surface area contributed by atoms with E-state index in [1.54, 1.807) is 4.90 Å². The smallest absolute Gasteiger partial charge is 0.410 e. The van der Waals surface area contributed by atoms with Gasteiger partial charge in [-0.2, -0.15) is 0 Å². The van der Waals surface area contributed by atoms with E-state index in [-0.39, 0.29) is 16.9 Å². The van der Waals surface area contributed by atoms with Crippen molar-refractivity contribution in [1.29, 1.82) is 0 Å². The maximum absolute atomic E-state index is 12.1. The van der Waals surface area contributed by atoms with E-state index in [9.17, 15) is 9.35 Å². The van der Waals surface area contributed by atoms with Crippen molar-refractivity contribution >= 4 is 17.5 Å². The molecule has 1 fully saturated rings. The minimum atomic E-state index is -1.03. The average Bonchev–Trinajstić information content (AvgIpc) is 2.36. The zero-order chi connectivity index (χ0) is 17.8. The van der Waals surface area contributed by atoms with Crippen molar-refractivity contribution in [3.8, 4) is 0 Å². The van der Waals surface area contributed by atoms with Gasteiger partial charge < -0.3 is 14.2 Å². The van der Waals surface area contributed by atoms with Gasteiger partial charge in [0, 0.05) is 30.5 Å². The lowest BCUT2D eigenvalue weighted by molar-refractivity contribution is 0.0179. The van der Waals surface area contributed by atoms with E-state index in [0.29, 0.717) is 5.92 Å². The monoisotopic (exact) mass is 346 g/mol. The number of ether oxygens (including phenoxy) is 1. The molecule has 0 bridgehead atoms. The molecule has 0 spiro atoms. The summed E-state index contributed by atoms with van der Waals surface area (Å²) in [5.74, 6) is 0.563. The summed E-state index contributed by atoms with van der Waals surface area (Å²) in [4.78, 5) is 13.8. The van der Waals surface area contributed by atoms with Gasteiger partial charge in [-0.25, -0.2) is 4.79 Å². The van der Waals surface area contributed by atoms with Crippen LogP contribution in [-0.4, -0.2) is 45.0 Å². The van der Waals surface area contributed by atoms with E-state index in [4.69, 9.17) is 4.74 Å². The molecule has 1 heterocycles. The summed E-state index contributed by atoms with van der Waals surface area (Å²) in [6, 6.07) is 0.216. The van der Waals surface area contributed by atoms with E-state index in [1.807, 2.05) is 41.5 Å². The Balaban J connectivity index is 2.35. The first kappa shape index (κ1) is 20.6. The number of carbonyl (C=O) groups excluding carboxylic acids is 1. The Morgan fingerprint density at radius 3 is 2.22 bits per heavy atom. The molecule has 1 rings (SSSR count). The molecule has 1 amide bonds. The summed E-state index contributed by atoms with van der Waals surface area (Å²) in [7, 11) is 0. The number of hydrogen-bond acceptors (Lipinski definition) is 4. The summed E-state index contributed by atoms with van der Waals surface area (Å²) in [5, 5.41) is 0. The molecule has 5 nitrogen and oxygen atoms in total. The normalized spacial score (nSPS) is 20.3. The van der Waals surface area contributed by atoms with Gasteiger partial charge in [-0.15, -0.1) is 4.72 Å². The molecule has 1 N–H and O–H groups in total. The Kier molecular flexibility index (Phi) is 7.23. The maximum Gasteiger partial charge on any atom is 0.410 e. The number of hydrogen-bond donors (Lipinski definition) is 1. The van der Waals surface area contributed by atoms with Crippen LogP contribution in [0, 0.1) is 5.92 Å². The van der Waals surface area contributed by atoms with Crippen molar-refractivity contribution in [1.82, 2.24) is 9.62 Å². The van der Waals surface area contributed by atoms with Crippen LogP contribution in [0.15, 0.2) is 0 Å². The van der Waals surface area contributed by atoms with Crippen LogP contribution in [0.3, 0.4) is 0 Å². The van der Waals surface area contributed by atoms with Gasteiger partial charge in [-0.1, -0.05) is 0 Å². The van der Waals surface area contributed by atoms with E-state index in [2.05, 4.69) is 11.6 Å². The molecule has 0 aromatic rings. The number of carbonyl (C=O) groups is 1. The van der Waals surface area contributed by atoms with Gasteiger partial charge in [0.1, 0.15) is 10.3 Å². The average molecular weight is 347 g/mol. The first-order valence-electron chi connectivity index (χ1n) is 8.54. The lowest BCUT2D eigenvalue weighted by Crippen LogP contribution is -2.45. The number of amides is 1. The molecule has 0 radical (unpaired) electrons. The lowest BCUT2D eigenvalue weighted by atomic mass is 9.91. The van der Waals surface area contributed by atoms with Crippen molar-refractivity contribution in [2.45, 2.75) is 84.1 Å². The van der Waals surface area contributed by atoms with Gasteiger partial charge in [-0.05, 0) is 73.6 Å². The molecule has 0 aliphatic carbocycles. The highest BCUT2D eigenvalue weighted by Gasteiger charge is 2.31. The molecular weight excluding hydrogens is 312 g/mol. The van der Waals surface area contributed by atoms with Crippen LogP contribution in [-0.2, 0) is 16.1 Å². The van der Waals surface area contributed by atoms with Gasteiger partial charge in [-0.3, -0.25) is 0 Å². The summed E-state index contributed by atoms with van der Waals surface area (Å²) < 4.78 is 20.5. The predicted molar refractivity (Wildman–Crippen MR) is 95.6 cm³/mol. The number of likely N-dealkylation sites (tertiary alicyclic amines) is 1. The summed E-state index contributed by atoms with van der Waals surface area (Å²) in [6.45, 7) is 15.2. The zero-order valence-electron chi connectivity index (χ0n) is 15.8. The fourth-order valence-electron chi connectivity index (χ4n) is 2.59. The third kappa shape index (κ3) is 7.77. The molecule has 1 aliphatic heterocycles. The van der Waals surface area contributed by atoms with Crippen molar-refractivity contribution in [3.05, 3.63) is 0 Å². The third-order valence-electron chi connectivity index (χ3n) is 3.82. The summed E-state index contributed by atoms with van der Waals surface area (Å²) >= 11 is -1.03. The van der Waals surface area contributed by atoms with E-state index in [0.717, 1.165) is 32.4 Å². The van der Waals surface area contributed by atoms with Crippen LogP contribution in [0.2, 0.25) is 0 Å². The number of nitrogens with zero attached hydrogens (tertiary/aromatic N) is 1. The second-order valence-corrected chi connectivity index (χ2v) is 10.5. The second-order valence-electron chi connectivity index (χ2n) is 8.55. The Hall–Kier alpha value is -0.460. The number of nitrogens with one attached hydrogen (secondary N) is 1. The molecule has 23 heavy (non-hydrogen) atoms. The quantitative estimate of drug-likeness (QED) is 0.792. The first-order chi connectivity index (χ1) is 10.4. The highest BCUT2D eigenvalue weighted by atomic mass is 32.2. The van der Waals surface area contributed by atoms with Crippen molar-refractivity contribution in [3.63, 3.8) is 0 Å². The van der Waals surface area contributed by atoms with E-state index in [1.165, 1.54) is 0 Å². The largest absolute Gasteiger partial charge is 0.598 e. The minimum Gasteiger partial charge on any atom is -0.598 e. The highest BCUT2D eigenvalue weighted by Crippen LogP contribution is 2.24. The Morgan fingerprint density at radius 2 is 1.78 bits per heavy atom. The molecular formula is C17H34N2O3S. The fourth-order valence-corrected chi connectivity index (χ4v) is 3.40. The molecule has 1 unspecified atom stereocenters. The van der Waals surface area contributed by atoms with Gasteiger partial charge in [0.15, 0.2) is 0 Å². The van der Waals surface area contributed by atoms with Crippen molar-refractivity contribution < 1.29 is 14.1 Å². The minimum absolute atomic E-state index is 0.212. The van der Waals surface area contributed by atoms with Crippen LogP contribution in [0.4, 0.5) is 4.79 Å². The van der Waals surface area contributed by atoms with Crippen LogP contribution in [0.25, 0.3) is 0 Å². The number of rotatable bonds is 4. The van der Waals surface area contributed by atoms with Crippen LogP contribution >= 0.6 is 0 Å². The summed E-state index contributed by atoms with van der Waals surface area (Å²) in [6.07, 6.45) is 2.74. The predicted octanol–water partition coefficient (Wildman–Crippen LogP) is 3.46. The first-order valence-corrected chi connectivity index (χ1v) is 9.69. The molecule has 1 aliphatic rings. The fraction of sp³-hybridized carbons (Fsp3) is 0.941. The SMILES string of the molecule is C[C@H](CC1CCN(C(=O)OC(C)(C)C)CC1)N[S+]([O-])C(C)(C)C. The Labute approximate surface area is 144 Å². The van der Waals surface area contributed by atoms with Gasteiger partial charge >= 0.3 is 6.09 Å². The summed E-state index contributed by atoms with van der Waals surface area (Å²) in [5.41, 5.74) is -0.441. The second kappa shape index (κ2) is 8.08. The third-order valence-corrected chi connectivity index (χ3v) is 5.55. The van der Waals surface area contributed by atoms with Crippen molar-refractivity contribution in [2.75, 3.05) is 13.1 Å². The van der Waals surface area contributed by atoms with Crippen LogP contribution < -0.4 is 4.72 Å². The highest BCUT2D eigenvalue weighted by molar-refractivity contribution is 7.90.